The maximum atomic E-state index is 6.59. The number of aryl methyl sites for hydroxylation is 1. The van der Waals surface area contributed by atoms with Crippen molar-refractivity contribution in [1.82, 2.24) is 6.15 Å². The summed E-state index contributed by atoms with van der Waals surface area (Å²) in [4.78, 5) is 0. The lowest BCUT2D eigenvalue weighted by molar-refractivity contribution is 0.336. The highest BCUT2D eigenvalue weighted by Crippen LogP contribution is 2.23. The second kappa shape index (κ2) is 12.3. The Labute approximate surface area is 165 Å². The molecule has 0 bridgehead atoms. The minimum Gasteiger partial charge on any atom is -0.497 e. The van der Waals surface area contributed by atoms with Crippen molar-refractivity contribution in [3.05, 3.63) is 71.8 Å². The Bertz CT molecular complexity index is 650. The van der Waals surface area contributed by atoms with E-state index >= 15 is 0 Å². The minimum atomic E-state index is 0. The van der Waals surface area contributed by atoms with Gasteiger partial charge < -0.3 is 16.6 Å². The van der Waals surface area contributed by atoms with Gasteiger partial charge in [0.1, 0.15) is 5.75 Å². The van der Waals surface area contributed by atoms with E-state index in [1.165, 1.54) is 17.5 Å². The molecule has 0 saturated heterocycles. The zero-order valence-corrected chi connectivity index (χ0v) is 17.1. The maximum absolute atomic E-state index is 6.59. The molecule has 0 aliphatic carbocycles. The van der Waals surface area contributed by atoms with E-state index in [2.05, 4.69) is 62.4 Å². The van der Waals surface area contributed by atoms with Crippen LogP contribution in [0.3, 0.4) is 0 Å². The van der Waals surface area contributed by atoms with Gasteiger partial charge in [0.2, 0.25) is 0 Å². The first kappa shape index (κ1) is 22.9. The van der Waals surface area contributed by atoms with Crippen LogP contribution in [0, 0.1) is 11.8 Å². The SMILES string of the molecule is COc1ccc(CCC(N)C(CC=Cc2ccccc2)CC(C)C)cc1.N. The number of allylic oxidation sites excluding steroid dienone is 1. The zero-order chi connectivity index (χ0) is 18.8. The number of methoxy groups -OCH3 is 1. The smallest absolute Gasteiger partial charge is 0.118 e. The van der Waals surface area contributed by atoms with Crippen molar-refractivity contribution in [2.75, 3.05) is 7.11 Å². The molecule has 148 valence electrons. The van der Waals surface area contributed by atoms with Crippen LogP contribution in [-0.4, -0.2) is 13.2 Å². The van der Waals surface area contributed by atoms with Crippen molar-refractivity contribution in [2.45, 2.75) is 45.6 Å². The molecule has 0 saturated carbocycles. The van der Waals surface area contributed by atoms with Gasteiger partial charge >= 0.3 is 0 Å². The molecule has 0 aliphatic rings. The highest BCUT2D eigenvalue weighted by Gasteiger charge is 2.18. The van der Waals surface area contributed by atoms with Crippen LogP contribution in [0.15, 0.2) is 60.7 Å². The molecule has 0 heterocycles. The van der Waals surface area contributed by atoms with Crippen LogP contribution in [0.1, 0.15) is 44.2 Å². The van der Waals surface area contributed by atoms with Crippen molar-refractivity contribution in [2.24, 2.45) is 17.6 Å². The van der Waals surface area contributed by atoms with Crippen molar-refractivity contribution < 1.29 is 4.74 Å². The molecule has 2 atom stereocenters. The van der Waals surface area contributed by atoms with Crippen LogP contribution in [0.2, 0.25) is 0 Å². The van der Waals surface area contributed by atoms with E-state index in [9.17, 15) is 0 Å². The van der Waals surface area contributed by atoms with Gasteiger partial charge in [-0.2, -0.15) is 0 Å². The van der Waals surface area contributed by atoms with Crippen LogP contribution in [-0.2, 0) is 6.42 Å². The molecular formula is C24H36N2O. The summed E-state index contributed by atoms with van der Waals surface area (Å²) in [5.41, 5.74) is 9.17. The highest BCUT2D eigenvalue weighted by molar-refractivity contribution is 5.48. The third kappa shape index (κ3) is 8.42. The van der Waals surface area contributed by atoms with E-state index in [4.69, 9.17) is 10.5 Å². The van der Waals surface area contributed by atoms with Gasteiger partial charge in [0.25, 0.3) is 0 Å². The Hall–Kier alpha value is -2.10. The number of hydrogen-bond acceptors (Lipinski definition) is 3. The van der Waals surface area contributed by atoms with Gasteiger partial charge in [-0.25, -0.2) is 0 Å². The standard InChI is InChI=1S/C24H33NO.H3N/c1-19(2)18-22(11-7-10-20-8-5-4-6-9-20)24(25)17-14-21-12-15-23(26-3)16-13-21;/h4-10,12-13,15-16,19,22,24H,11,14,17-18,25H2,1-3H3;1H3. The van der Waals surface area contributed by atoms with Gasteiger partial charge in [-0.15, -0.1) is 0 Å². The van der Waals surface area contributed by atoms with Crippen molar-refractivity contribution >= 4 is 6.08 Å². The van der Waals surface area contributed by atoms with Gasteiger partial charge in [0.05, 0.1) is 7.11 Å². The van der Waals surface area contributed by atoms with E-state index in [0.29, 0.717) is 11.8 Å². The van der Waals surface area contributed by atoms with Gasteiger partial charge in [-0.1, -0.05) is 68.5 Å². The molecule has 0 fully saturated rings. The Balaban J connectivity index is 0.00000364. The molecule has 0 radical (unpaired) electrons. The molecule has 5 N–H and O–H groups in total. The van der Waals surface area contributed by atoms with E-state index < -0.39 is 0 Å². The lowest BCUT2D eigenvalue weighted by Gasteiger charge is -2.24. The fraction of sp³-hybridized carbons (Fsp3) is 0.417. The zero-order valence-electron chi connectivity index (χ0n) is 17.1. The maximum Gasteiger partial charge on any atom is 0.118 e. The first-order valence-electron chi connectivity index (χ1n) is 9.68. The predicted octanol–water partition coefficient (Wildman–Crippen LogP) is 5.88. The Kier molecular flexibility index (Phi) is 10.5. The molecule has 0 spiro atoms. The fourth-order valence-electron chi connectivity index (χ4n) is 3.36. The molecule has 2 aromatic carbocycles. The average Bonchev–Trinajstić information content (AvgIpc) is 2.66. The third-order valence-corrected chi connectivity index (χ3v) is 4.85. The Morgan fingerprint density at radius 3 is 2.26 bits per heavy atom. The molecular weight excluding hydrogens is 332 g/mol. The van der Waals surface area contributed by atoms with E-state index in [1.807, 2.05) is 18.2 Å². The van der Waals surface area contributed by atoms with Gasteiger partial charge in [-0.05, 0) is 60.8 Å². The average molecular weight is 369 g/mol. The number of rotatable bonds is 10. The monoisotopic (exact) mass is 368 g/mol. The summed E-state index contributed by atoms with van der Waals surface area (Å²) in [6.07, 6.45) is 8.74. The number of ether oxygens (including phenoxy) is 1. The topological polar surface area (TPSA) is 70.2 Å². The summed E-state index contributed by atoms with van der Waals surface area (Å²) in [7, 11) is 1.70. The van der Waals surface area contributed by atoms with Crippen LogP contribution < -0.4 is 16.6 Å². The molecule has 0 aliphatic heterocycles. The van der Waals surface area contributed by atoms with Gasteiger partial charge in [0.15, 0.2) is 0 Å². The molecule has 27 heavy (non-hydrogen) atoms. The van der Waals surface area contributed by atoms with Gasteiger partial charge in [-0.3, -0.25) is 0 Å². The number of hydrogen-bond donors (Lipinski definition) is 2. The second-order valence-electron chi connectivity index (χ2n) is 7.49. The first-order chi connectivity index (χ1) is 12.6. The highest BCUT2D eigenvalue weighted by atomic mass is 16.5. The predicted molar refractivity (Wildman–Crippen MR) is 117 cm³/mol. The molecule has 0 aromatic heterocycles. The summed E-state index contributed by atoms with van der Waals surface area (Å²) in [5.74, 6) is 2.09. The molecule has 2 aromatic rings. The summed E-state index contributed by atoms with van der Waals surface area (Å²) in [6.45, 7) is 4.56. The number of benzene rings is 2. The summed E-state index contributed by atoms with van der Waals surface area (Å²) in [5, 5.41) is 0. The van der Waals surface area contributed by atoms with Crippen molar-refractivity contribution in [1.29, 1.82) is 0 Å². The van der Waals surface area contributed by atoms with E-state index in [1.54, 1.807) is 7.11 Å². The largest absolute Gasteiger partial charge is 0.497 e. The van der Waals surface area contributed by atoms with Crippen LogP contribution >= 0.6 is 0 Å². The van der Waals surface area contributed by atoms with Crippen LogP contribution in [0.4, 0.5) is 0 Å². The summed E-state index contributed by atoms with van der Waals surface area (Å²) >= 11 is 0. The van der Waals surface area contributed by atoms with Crippen molar-refractivity contribution in [3.63, 3.8) is 0 Å². The first-order valence-corrected chi connectivity index (χ1v) is 9.68. The van der Waals surface area contributed by atoms with E-state index in [0.717, 1.165) is 25.0 Å². The summed E-state index contributed by atoms with van der Waals surface area (Å²) < 4.78 is 5.23. The normalized spacial score (nSPS) is 13.4. The Morgan fingerprint density at radius 2 is 1.67 bits per heavy atom. The second-order valence-corrected chi connectivity index (χ2v) is 7.49. The minimum absolute atomic E-state index is 0. The van der Waals surface area contributed by atoms with Crippen LogP contribution in [0.5, 0.6) is 5.75 Å². The lowest BCUT2D eigenvalue weighted by Crippen LogP contribution is -2.31. The quantitative estimate of drug-likeness (QED) is 0.550. The fourth-order valence-corrected chi connectivity index (χ4v) is 3.36. The lowest BCUT2D eigenvalue weighted by atomic mass is 9.85. The molecule has 3 nitrogen and oxygen atoms in total. The van der Waals surface area contributed by atoms with E-state index in [-0.39, 0.29) is 12.2 Å². The summed E-state index contributed by atoms with van der Waals surface area (Å²) in [6, 6.07) is 19.0. The molecule has 0 amide bonds. The number of nitrogens with two attached hydrogens (primary N) is 1. The molecule has 2 unspecified atom stereocenters. The van der Waals surface area contributed by atoms with Crippen LogP contribution in [0.25, 0.3) is 6.08 Å². The third-order valence-electron chi connectivity index (χ3n) is 4.85. The van der Waals surface area contributed by atoms with Gasteiger partial charge in [0, 0.05) is 6.04 Å². The van der Waals surface area contributed by atoms with Crippen molar-refractivity contribution in [3.8, 4) is 5.75 Å². The molecule has 2 rings (SSSR count). The Morgan fingerprint density at radius 1 is 1.00 bits per heavy atom. The molecule has 3 heteroatoms.